The fourth-order valence-corrected chi connectivity index (χ4v) is 4.30. The summed E-state index contributed by atoms with van der Waals surface area (Å²) in [7, 11) is 0.761. The van der Waals surface area contributed by atoms with Gasteiger partial charge >= 0.3 is 18.3 Å². The van der Waals surface area contributed by atoms with E-state index in [2.05, 4.69) is 15.6 Å². The Balaban J connectivity index is 1.77. The summed E-state index contributed by atoms with van der Waals surface area (Å²) in [5.74, 6) is -6.54. The lowest BCUT2D eigenvalue weighted by atomic mass is 10.0. The van der Waals surface area contributed by atoms with Crippen molar-refractivity contribution < 1.29 is 44.4 Å². The fourth-order valence-electron chi connectivity index (χ4n) is 3.08. The highest BCUT2D eigenvalue weighted by Gasteiger charge is 2.64. The van der Waals surface area contributed by atoms with Gasteiger partial charge in [-0.15, -0.1) is 11.3 Å². The summed E-state index contributed by atoms with van der Waals surface area (Å²) in [4.78, 5) is 12.4. The SMILES string of the molecule is Cn1nc(C(F)(F)C(F)(F)F)c(C(F)(F)F)c1-c1cc(-c2cc(C(=O)NC3CC3)c(Cl)s2)on1. The number of hydrogen-bond acceptors (Lipinski definition) is 5. The van der Waals surface area contributed by atoms with Gasteiger partial charge in [0.05, 0.1) is 10.4 Å². The maximum absolute atomic E-state index is 13.9. The molecular weight excluding hydrogens is 524 g/mol. The zero-order valence-electron chi connectivity index (χ0n) is 16.6. The minimum absolute atomic E-state index is 0.0263. The molecule has 0 spiro atoms. The Morgan fingerprint density at radius 3 is 2.38 bits per heavy atom. The number of thiophene rings is 1. The van der Waals surface area contributed by atoms with Crippen LogP contribution in [0.15, 0.2) is 16.7 Å². The van der Waals surface area contributed by atoms with Gasteiger partial charge in [0.2, 0.25) is 0 Å². The minimum Gasteiger partial charge on any atom is -0.355 e. The van der Waals surface area contributed by atoms with Crippen molar-refractivity contribution in [3.05, 3.63) is 33.3 Å². The van der Waals surface area contributed by atoms with Crippen LogP contribution < -0.4 is 5.32 Å². The maximum atomic E-state index is 13.9. The van der Waals surface area contributed by atoms with Crippen LogP contribution in [0, 0.1) is 0 Å². The second-order valence-corrected chi connectivity index (χ2v) is 9.04. The first-order chi connectivity index (χ1) is 15.6. The van der Waals surface area contributed by atoms with Gasteiger partial charge in [-0.3, -0.25) is 9.48 Å². The first kappa shape index (κ1) is 24.4. The second kappa shape index (κ2) is 7.93. The largest absolute Gasteiger partial charge is 0.459 e. The summed E-state index contributed by atoms with van der Waals surface area (Å²) in [5.41, 5.74) is -6.58. The maximum Gasteiger partial charge on any atom is 0.459 e. The lowest BCUT2D eigenvalue weighted by Crippen LogP contribution is -2.36. The molecule has 0 atom stereocenters. The number of carbonyl (C=O) groups excluding carboxylic acids is 1. The van der Waals surface area contributed by atoms with E-state index >= 15 is 0 Å². The average Bonchev–Trinajstić information content (AvgIpc) is 3.10. The number of nitrogens with zero attached hydrogens (tertiary/aromatic N) is 3. The van der Waals surface area contributed by atoms with Gasteiger partial charge in [-0.25, -0.2) is 0 Å². The van der Waals surface area contributed by atoms with Gasteiger partial charge in [0, 0.05) is 19.2 Å². The van der Waals surface area contributed by atoms with E-state index in [1.165, 1.54) is 6.07 Å². The Morgan fingerprint density at radius 1 is 1.18 bits per heavy atom. The van der Waals surface area contributed by atoms with Crippen LogP contribution >= 0.6 is 22.9 Å². The third kappa shape index (κ3) is 4.26. The molecule has 1 aliphatic carbocycles. The van der Waals surface area contributed by atoms with Crippen molar-refractivity contribution in [2.45, 2.75) is 37.2 Å². The van der Waals surface area contributed by atoms with Crippen molar-refractivity contribution in [2.24, 2.45) is 7.05 Å². The number of amides is 1. The fraction of sp³-hybridized carbons (Fsp3) is 0.389. The average molecular weight is 535 g/mol. The molecule has 6 nitrogen and oxygen atoms in total. The third-order valence-electron chi connectivity index (χ3n) is 4.82. The summed E-state index contributed by atoms with van der Waals surface area (Å²) >= 11 is 6.90. The number of hydrogen-bond donors (Lipinski definition) is 1. The monoisotopic (exact) mass is 534 g/mol. The number of rotatable bonds is 5. The first-order valence-corrected chi connectivity index (χ1v) is 10.5. The van der Waals surface area contributed by atoms with Crippen molar-refractivity contribution >= 4 is 28.8 Å². The predicted octanol–water partition coefficient (Wildman–Crippen LogP) is 6.02. The van der Waals surface area contributed by atoms with Crippen LogP contribution in [0.2, 0.25) is 4.34 Å². The van der Waals surface area contributed by atoms with Crippen LogP contribution in [0.25, 0.3) is 22.0 Å². The van der Waals surface area contributed by atoms with Gasteiger partial charge in [-0.2, -0.15) is 40.2 Å². The molecule has 0 unspecified atom stereocenters. The van der Waals surface area contributed by atoms with Gasteiger partial charge in [-0.05, 0) is 18.9 Å². The number of aromatic nitrogens is 3. The predicted molar refractivity (Wildman–Crippen MR) is 102 cm³/mol. The highest BCUT2D eigenvalue weighted by molar-refractivity contribution is 7.19. The van der Waals surface area contributed by atoms with E-state index in [0.29, 0.717) is 0 Å². The Morgan fingerprint density at radius 2 is 1.82 bits per heavy atom. The highest BCUT2D eigenvalue weighted by atomic mass is 35.5. The van der Waals surface area contributed by atoms with Crippen LogP contribution in [-0.4, -0.2) is 33.1 Å². The van der Waals surface area contributed by atoms with Crippen LogP contribution in [0.4, 0.5) is 35.1 Å². The lowest BCUT2D eigenvalue weighted by Gasteiger charge is -2.19. The molecule has 0 bridgehead atoms. The Bertz CT molecular complexity index is 1260. The van der Waals surface area contributed by atoms with Gasteiger partial charge in [-0.1, -0.05) is 16.8 Å². The molecule has 0 radical (unpaired) electrons. The van der Waals surface area contributed by atoms with Crippen molar-refractivity contribution in [3.8, 4) is 22.0 Å². The van der Waals surface area contributed by atoms with Crippen molar-refractivity contribution in [2.75, 3.05) is 0 Å². The second-order valence-electron chi connectivity index (χ2n) is 7.39. The molecule has 0 aromatic carbocycles. The van der Waals surface area contributed by atoms with E-state index < -0.39 is 46.8 Å². The molecule has 0 saturated heterocycles. The quantitative estimate of drug-likeness (QED) is 0.406. The molecule has 34 heavy (non-hydrogen) atoms. The van der Waals surface area contributed by atoms with Crippen molar-refractivity contribution in [1.29, 1.82) is 0 Å². The number of alkyl halides is 8. The normalized spacial score (nSPS) is 15.1. The summed E-state index contributed by atoms with van der Waals surface area (Å²) < 4.78 is 112. The number of halogens is 9. The van der Waals surface area contributed by atoms with Gasteiger partial charge in [0.25, 0.3) is 5.91 Å². The molecule has 1 aliphatic rings. The van der Waals surface area contributed by atoms with Gasteiger partial charge in [0.15, 0.2) is 11.5 Å². The summed E-state index contributed by atoms with van der Waals surface area (Å²) in [6.07, 6.45) is -10.3. The molecule has 0 aliphatic heterocycles. The van der Waals surface area contributed by atoms with Crippen molar-refractivity contribution in [1.82, 2.24) is 20.3 Å². The Hall–Kier alpha value is -2.68. The molecule has 16 heteroatoms. The molecule has 184 valence electrons. The first-order valence-electron chi connectivity index (χ1n) is 9.28. The van der Waals surface area contributed by atoms with E-state index in [9.17, 15) is 39.9 Å². The van der Waals surface area contributed by atoms with Crippen LogP contribution in [0.5, 0.6) is 0 Å². The van der Waals surface area contributed by atoms with E-state index in [1.807, 2.05) is 0 Å². The number of aryl methyl sites for hydroxylation is 1. The molecule has 1 amide bonds. The summed E-state index contributed by atoms with van der Waals surface area (Å²) in [5, 5.41) is 8.93. The Labute approximate surface area is 193 Å². The molecule has 1 N–H and O–H groups in total. The molecule has 1 fully saturated rings. The van der Waals surface area contributed by atoms with Crippen LogP contribution in [0.1, 0.15) is 34.5 Å². The molecule has 3 aromatic rings. The van der Waals surface area contributed by atoms with Crippen LogP contribution in [-0.2, 0) is 19.1 Å². The molecule has 1 saturated carbocycles. The molecule has 4 rings (SSSR count). The van der Waals surface area contributed by atoms with Crippen molar-refractivity contribution in [3.63, 3.8) is 0 Å². The molecule has 3 aromatic heterocycles. The highest BCUT2D eigenvalue weighted by Crippen LogP contribution is 2.50. The van der Waals surface area contributed by atoms with Gasteiger partial charge in [0.1, 0.15) is 21.3 Å². The third-order valence-corrected chi connectivity index (χ3v) is 6.20. The zero-order valence-corrected chi connectivity index (χ0v) is 18.2. The van der Waals surface area contributed by atoms with E-state index in [0.717, 1.165) is 37.3 Å². The molecule has 3 heterocycles. The number of nitrogens with one attached hydrogen (secondary N) is 1. The van der Waals surface area contributed by atoms with E-state index in [4.69, 9.17) is 16.1 Å². The summed E-state index contributed by atoms with van der Waals surface area (Å²) in [6.45, 7) is 0. The molecular formula is C18H11ClF8N4O2S. The topological polar surface area (TPSA) is 73.0 Å². The zero-order chi connectivity index (χ0) is 25.2. The van der Waals surface area contributed by atoms with E-state index in [-0.39, 0.29) is 31.3 Å². The number of carbonyl (C=O) groups is 1. The lowest BCUT2D eigenvalue weighted by molar-refractivity contribution is -0.292. The smallest absolute Gasteiger partial charge is 0.355 e. The minimum atomic E-state index is -6.32. The van der Waals surface area contributed by atoms with Crippen LogP contribution in [0.3, 0.4) is 0 Å². The standard InChI is InChI=1S/C18H11ClF8N4O2S/c1-31-12(11(17(22,23)24)13(29-31)16(20,21)18(25,26)27)8-5-9(33-30-8)10-4-7(14(19)34-10)15(32)28-6-2-3-6/h4-6H,2-3H2,1H3,(H,28,32). The summed E-state index contributed by atoms with van der Waals surface area (Å²) in [6, 6.07) is 2.22. The van der Waals surface area contributed by atoms with Gasteiger partial charge < -0.3 is 9.84 Å². The Kier molecular flexibility index (Phi) is 5.70. The van der Waals surface area contributed by atoms with E-state index in [1.54, 1.807) is 0 Å².